The molecule has 2 aliphatic rings. The second-order valence-electron chi connectivity index (χ2n) is 9.15. The van der Waals surface area contributed by atoms with Gasteiger partial charge in [-0.05, 0) is 52.4 Å². The van der Waals surface area contributed by atoms with Crippen molar-refractivity contribution in [2.75, 3.05) is 40.3 Å². The topological polar surface area (TPSA) is 83.5 Å². The number of methoxy groups -OCH3 is 1. The van der Waals surface area contributed by atoms with E-state index in [4.69, 9.17) is 9.47 Å². The molecule has 0 aromatic heterocycles. The number of piperidine rings is 1. The zero-order chi connectivity index (χ0) is 21.6. The van der Waals surface area contributed by atoms with Crippen LogP contribution in [0.1, 0.15) is 53.4 Å². The van der Waals surface area contributed by atoms with E-state index in [1.165, 1.54) is 20.0 Å². The maximum atomic E-state index is 12.8. The molecule has 0 aromatic carbocycles. The molecule has 2 rings (SSSR count). The van der Waals surface area contributed by atoms with Gasteiger partial charge in [0.2, 0.25) is 0 Å². The van der Waals surface area contributed by atoms with Gasteiger partial charge >= 0.3 is 12.1 Å². The molecule has 1 atom stereocenters. The first-order valence-electron chi connectivity index (χ1n) is 10.7. The number of hydrogen-bond donors (Lipinski definition) is 1. The van der Waals surface area contributed by atoms with E-state index < -0.39 is 5.60 Å². The van der Waals surface area contributed by atoms with Crippen LogP contribution in [-0.2, 0) is 14.3 Å². The fourth-order valence-corrected chi connectivity index (χ4v) is 3.52. The van der Waals surface area contributed by atoms with Crippen LogP contribution < -0.4 is 5.32 Å². The van der Waals surface area contributed by atoms with E-state index in [9.17, 15) is 9.59 Å². The van der Waals surface area contributed by atoms with E-state index >= 15 is 0 Å². The number of carbonyl (C=O) groups excluding carboxylic acids is 2. The van der Waals surface area contributed by atoms with Crippen LogP contribution in [0.25, 0.3) is 0 Å². The first kappa shape index (κ1) is 23.3. The minimum atomic E-state index is -0.484. The zero-order valence-electron chi connectivity index (χ0n) is 18.9. The third kappa shape index (κ3) is 7.40. The standard InChI is InChI=1S/C21H38N4O4/c1-15(18(26)28-6)13-23-19(22-5)24-11-9-17(10-12-24)25(14-16-7-8-16)20(27)29-21(2,3)4/h15-17H,7-14H2,1-6H3,(H,22,23). The molecular weight excluding hydrogens is 372 g/mol. The SMILES string of the molecule is CN=C(NCC(C)C(=O)OC)N1CCC(N(CC2CC2)C(=O)OC(C)(C)C)CC1. The highest BCUT2D eigenvalue weighted by atomic mass is 16.6. The van der Waals surface area contributed by atoms with Crippen LogP contribution in [0.5, 0.6) is 0 Å². The van der Waals surface area contributed by atoms with Crippen LogP contribution in [-0.4, -0.2) is 79.8 Å². The number of rotatable bonds is 6. The van der Waals surface area contributed by atoms with Gasteiger partial charge in [0.05, 0.1) is 13.0 Å². The fourth-order valence-electron chi connectivity index (χ4n) is 3.52. The van der Waals surface area contributed by atoms with Crippen molar-refractivity contribution in [3.63, 3.8) is 0 Å². The Morgan fingerprint density at radius 2 is 1.83 bits per heavy atom. The van der Waals surface area contributed by atoms with Crippen LogP contribution in [0.4, 0.5) is 4.79 Å². The number of guanidine groups is 1. The lowest BCUT2D eigenvalue weighted by atomic mass is 10.0. The summed E-state index contributed by atoms with van der Waals surface area (Å²) in [5.74, 6) is 0.926. The molecule has 8 heteroatoms. The monoisotopic (exact) mass is 410 g/mol. The molecule has 1 saturated carbocycles. The molecule has 1 aliphatic heterocycles. The summed E-state index contributed by atoms with van der Waals surface area (Å²) >= 11 is 0. The van der Waals surface area contributed by atoms with E-state index in [1.54, 1.807) is 7.05 Å². The van der Waals surface area contributed by atoms with Gasteiger partial charge in [-0.3, -0.25) is 9.79 Å². The van der Waals surface area contributed by atoms with Crippen molar-refractivity contribution in [3.05, 3.63) is 0 Å². The van der Waals surface area contributed by atoms with Crippen LogP contribution >= 0.6 is 0 Å². The molecule has 1 amide bonds. The molecule has 1 N–H and O–H groups in total. The Morgan fingerprint density at radius 1 is 1.21 bits per heavy atom. The minimum Gasteiger partial charge on any atom is -0.469 e. The molecule has 0 bridgehead atoms. The lowest BCUT2D eigenvalue weighted by molar-refractivity contribution is -0.144. The number of carbonyl (C=O) groups is 2. The Bertz CT molecular complexity index is 590. The minimum absolute atomic E-state index is 0.189. The highest BCUT2D eigenvalue weighted by molar-refractivity contribution is 5.81. The molecule has 1 saturated heterocycles. The van der Waals surface area contributed by atoms with Crippen molar-refractivity contribution in [2.45, 2.75) is 65.0 Å². The molecular formula is C21H38N4O4. The largest absolute Gasteiger partial charge is 0.469 e. The molecule has 29 heavy (non-hydrogen) atoms. The second kappa shape index (κ2) is 10.2. The molecule has 166 valence electrons. The Hall–Kier alpha value is -1.99. The molecule has 8 nitrogen and oxygen atoms in total. The normalized spacial score (nSPS) is 19.5. The highest BCUT2D eigenvalue weighted by Gasteiger charge is 2.35. The van der Waals surface area contributed by atoms with Gasteiger partial charge < -0.3 is 24.6 Å². The third-order valence-corrected chi connectivity index (χ3v) is 5.37. The van der Waals surface area contributed by atoms with Crippen LogP contribution in [0, 0.1) is 11.8 Å². The zero-order valence-corrected chi connectivity index (χ0v) is 18.9. The van der Waals surface area contributed by atoms with Crippen LogP contribution in [0.3, 0.4) is 0 Å². The number of esters is 1. The van der Waals surface area contributed by atoms with Crippen molar-refractivity contribution < 1.29 is 19.1 Å². The van der Waals surface area contributed by atoms with Crippen molar-refractivity contribution >= 4 is 18.0 Å². The molecule has 1 heterocycles. The smallest absolute Gasteiger partial charge is 0.410 e. The Morgan fingerprint density at radius 3 is 2.31 bits per heavy atom. The predicted molar refractivity (Wildman–Crippen MR) is 113 cm³/mol. The summed E-state index contributed by atoms with van der Waals surface area (Å²) in [5.41, 5.74) is -0.484. The van der Waals surface area contributed by atoms with Crippen molar-refractivity contribution in [1.29, 1.82) is 0 Å². The van der Waals surface area contributed by atoms with Crippen LogP contribution in [0.2, 0.25) is 0 Å². The molecule has 0 aromatic rings. The number of amides is 1. The summed E-state index contributed by atoms with van der Waals surface area (Å²) in [7, 11) is 3.15. The van der Waals surface area contributed by atoms with E-state index in [1.807, 2.05) is 32.6 Å². The summed E-state index contributed by atoms with van der Waals surface area (Å²) in [6.07, 6.45) is 3.95. The third-order valence-electron chi connectivity index (χ3n) is 5.37. The number of ether oxygens (including phenoxy) is 2. The number of nitrogens with one attached hydrogen (secondary N) is 1. The highest BCUT2D eigenvalue weighted by Crippen LogP contribution is 2.32. The predicted octanol–water partition coefficient (Wildman–Crippen LogP) is 2.48. The summed E-state index contributed by atoms with van der Waals surface area (Å²) in [6, 6.07) is 0.189. The van der Waals surface area contributed by atoms with Crippen molar-refractivity contribution in [3.8, 4) is 0 Å². The van der Waals surface area contributed by atoms with Gasteiger partial charge in [0.25, 0.3) is 0 Å². The summed E-state index contributed by atoms with van der Waals surface area (Å²) < 4.78 is 10.4. The van der Waals surface area contributed by atoms with Crippen LogP contribution in [0.15, 0.2) is 4.99 Å². The van der Waals surface area contributed by atoms with Gasteiger partial charge in [0.15, 0.2) is 5.96 Å². The van der Waals surface area contributed by atoms with E-state index in [-0.39, 0.29) is 24.0 Å². The molecule has 0 radical (unpaired) electrons. The van der Waals surface area contributed by atoms with Gasteiger partial charge in [-0.1, -0.05) is 6.92 Å². The number of likely N-dealkylation sites (tertiary alicyclic amines) is 1. The Balaban J connectivity index is 1.90. The first-order chi connectivity index (χ1) is 13.6. The van der Waals surface area contributed by atoms with Gasteiger partial charge in [-0.2, -0.15) is 0 Å². The maximum absolute atomic E-state index is 12.8. The number of aliphatic imine (C=N–C) groups is 1. The average Bonchev–Trinajstić information content (AvgIpc) is 3.49. The van der Waals surface area contributed by atoms with E-state index in [0.29, 0.717) is 12.5 Å². The molecule has 2 fully saturated rings. The Labute approximate surface area is 175 Å². The lowest BCUT2D eigenvalue weighted by Crippen LogP contribution is -2.53. The van der Waals surface area contributed by atoms with Gasteiger partial charge in [0.1, 0.15) is 5.60 Å². The Kier molecular flexibility index (Phi) is 8.16. The van der Waals surface area contributed by atoms with Crippen molar-refractivity contribution in [1.82, 2.24) is 15.1 Å². The van der Waals surface area contributed by atoms with Gasteiger partial charge in [-0.15, -0.1) is 0 Å². The summed E-state index contributed by atoms with van der Waals surface area (Å²) in [5, 5.41) is 3.26. The quantitative estimate of drug-likeness (QED) is 0.411. The molecule has 1 aliphatic carbocycles. The fraction of sp³-hybridized carbons (Fsp3) is 0.857. The molecule has 1 unspecified atom stereocenters. The van der Waals surface area contributed by atoms with Crippen molar-refractivity contribution in [2.24, 2.45) is 16.8 Å². The van der Waals surface area contributed by atoms with Gasteiger partial charge in [0, 0.05) is 39.3 Å². The number of hydrogen-bond acceptors (Lipinski definition) is 5. The first-order valence-corrected chi connectivity index (χ1v) is 10.7. The van der Waals surface area contributed by atoms with E-state index in [2.05, 4.69) is 15.2 Å². The molecule has 0 spiro atoms. The lowest BCUT2D eigenvalue weighted by Gasteiger charge is -2.40. The maximum Gasteiger partial charge on any atom is 0.410 e. The summed E-state index contributed by atoms with van der Waals surface area (Å²) in [4.78, 5) is 32.9. The number of nitrogens with zero attached hydrogens (tertiary/aromatic N) is 3. The average molecular weight is 411 g/mol. The summed E-state index contributed by atoms with van der Waals surface area (Å²) in [6.45, 7) is 10.4. The van der Waals surface area contributed by atoms with E-state index in [0.717, 1.165) is 38.4 Å². The van der Waals surface area contributed by atoms with Gasteiger partial charge in [-0.25, -0.2) is 4.79 Å². The second-order valence-corrected chi connectivity index (χ2v) is 9.15.